The summed E-state index contributed by atoms with van der Waals surface area (Å²) in [5.74, 6) is 2.48. The molecule has 196 valence electrons. The molecule has 2 aliphatic rings. The van der Waals surface area contributed by atoms with Gasteiger partial charge in [0, 0.05) is 25.0 Å². The van der Waals surface area contributed by atoms with Crippen molar-refractivity contribution < 1.29 is 0 Å². The average molecular weight is 505 g/mol. The van der Waals surface area contributed by atoms with Crippen LogP contribution in [0.3, 0.4) is 0 Å². The molecule has 1 aromatic heterocycles. The van der Waals surface area contributed by atoms with Gasteiger partial charge in [-0.25, -0.2) is 0 Å². The molecule has 0 radical (unpaired) electrons. The van der Waals surface area contributed by atoms with Crippen molar-refractivity contribution in [2.45, 2.75) is 40.7 Å². The summed E-state index contributed by atoms with van der Waals surface area (Å²) in [6.45, 7) is 16.8. The average Bonchev–Trinajstić information content (AvgIpc) is 2.95. The molecule has 1 aliphatic heterocycles. The van der Waals surface area contributed by atoms with E-state index in [1.807, 2.05) is 31.2 Å². The number of rotatable bonds is 5. The molecular weight excluding hydrogens is 464 g/mol. The highest BCUT2D eigenvalue weighted by Crippen LogP contribution is 2.29. The summed E-state index contributed by atoms with van der Waals surface area (Å²) >= 11 is 0. The highest BCUT2D eigenvalue weighted by Gasteiger charge is 2.24. The second-order valence-corrected chi connectivity index (χ2v) is 9.32. The molecule has 0 amide bonds. The molecule has 0 saturated heterocycles. The van der Waals surface area contributed by atoms with Crippen LogP contribution in [0.2, 0.25) is 0 Å². The summed E-state index contributed by atoms with van der Waals surface area (Å²) in [6.07, 6.45) is 21.5. The van der Waals surface area contributed by atoms with Gasteiger partial charge in [0.05, 0.1) is 12.2 Å². The topological polar surface area (TPSA) is 40.5 Å². The Morgan fingerprint density at radius 3 is 2.45 bits per heavy atom. The van der Waals surface area contributed by atoms with Crippen molar-refractivity contribution in [3.8, 4) is 12.8 Å². The summed E-state index contributed by atoms with van der Waals surface area (Å²) in [5, 5.41) is 3.60. The van der Waals surface area contributed by atoms with E-state index in [9.17, 15) is 0 Å². The number of amidine groups is 1. The van der Waals surface area contributed by atoms with E-state index in [0.29, 0.717) is 12.5 Å². The molecule has 0 fully saturated rings. The zero-order chi connectivity index (χ0) is 28.1. The summed E-state index contributed by atoms with van der Waals surface area (Å²) < 4.78 is 0. The van der Waals surface area contributed by atoms with Crippen molar-refractivity contribution in [1.82, 2.24) is 15.2 Å². The Bertz CT molecular complexity index is 1270. The number of nitrogens with zero attached hydrogens (tertiary/aromatic N) is 3. The Morgan fingerprint density at radius 1 is 1.18 bits per heavy atom. The van der Waals surface area contributed by atoms with Gasteiger partial charge in [-0.05, 0) is 67.5 Å². The Labute approximate surface area is 229 Å². The van der Waals surface area contributed by atoms with E-state index < -0.39 is 0 Å². The van der Waals surface area contributed by atoms with Gasteiger partial charge < -0.3 is 10.2 Å². The maximum atomic E-state index is 4.91. The quantitative estimate of drug-likeness (QED) is 0.426. The fraction of sp³-hybridized carbons (Fsp3) is 0.235. The molecule has 4 heteroatoms. The van der Waals surface area contributed by atoms with Crippen LogP contribution in [0.4, 0.5) is 0 Å². The molecule has 1 unspecified atom stereocenters. The maximum absolute atomic E-state index is 4.91. The molecule has 4 nitrogen and oxygen atoms in total. The van der Waals surface area contributed by atoms with Crippen LogP contribution in [-0.2, 0) is 6.54 Å². The van der Waals surface area contributed by atoms with Gasteiger partial charge in [-0.2, -0.15) is 0 Å². The van der Waals surface area contributed by atoms with Crippen molar-refractivity contribution in [3.63, 3.8) is 0 Å². The van der Waals surface area contributed by atoms with Crippen LogP contribution in [0.25, 0.3) is 5.57 Å². The van der Waals surface area contributed by atoms with Crippen molar-refractivity contribution in [2.24, 2.45) is 10.9 Å². The molecule has 1 atom stereocenters. The fourth-order valence-corrected chi connectivity index (χ4v) is 3.94. The van der Waals surface area contributed by atoms with E-state index >= 15 is 0 Å². The minimum absolute atomic E-state index is 0.487. The van der Waals surface area contributed by atoms with Crippen molar-refractivity contribution >= 4 is 11.4 Å². The van der Waals surface area contributed by atoms with Crippen LogP contribution in [-0.4, -0.2) is 22.8 Å². The number of aromatic nitrogens is 1. The lowest BCUT2D eigenvalue weighted by atomic mass is 9.90. The van der Waals surface area contributed by atoms with Gasteiger partial charge in [-0.1, -0.05) is 80.3 Å². The number of hydrogen-bond donors (Lipinski definition) is 1. The molecule has 1 aliphatic carbocycles. The third-order valence-corrected chi connectivity index (χ3v) is 6.28. The number of hydrogen-bond acceptors (Lipinski definition) is 3. The molecular formula is C34H40N4. The molecule has 1 N–H and O–H groups in total. The van der Waals surface area contributed by atoms with Crippen molar-refractivity contribution in [2.75, 3.05) is 7.05 Å². The largest absolute Gasteiger partial charge is 0.341 e. The second-order valence-electron chi connectivity index (χ2n) is 9.32. The Hall–Kier alpha value is -4.36. The predicted octanol–water partition coefficient (Wildman–Crippen LogP) is 7.62. The Kier molecular flexibility index (Phi) is 11.8. The number of nitrogens with one attached hydrogen (secondary N) is 1. The molecule has 0 spiro atoms. The van der Waals surface area contributed by atoms with Crippen LogP contribution in [0.1, 0.15) is 44.0 Å². The molecule has 0 saturated carbocycles. The highest BCUT2D eigenvalue weighted by molar-refractivity contribution is 5.96. The number of likely N-dealkylation sites (N-methyl/N-ethyl adjacent to an activating group) is 1. The van der Waals surface area contributed by atoms with Gasteiger partial charge in [0.2, 0.25) is 0 Å². The first-order valence-electron chi connectivity index (χ1n) is 12.7. The van der Waals surface area contributed by atoms with Gasteiger partial charge in [-0.15, -0.1) is 12.8 Å². The second kappa shape index (κ2) is 15.0. The molecule has 0 bridgehead atoms. The van der Waals surface area contributed by atoms with E-state index in [2.05, 4.69) is 118 Å². The number of aliphatic imine (C=N–C) groups is 1. The van der Waals surface area contributed by atoms with Crippen LogP contribution >= 0.6 is 0 Å². The SMILES string of the molecule is C#C.C=C(C)c1ccccn1.C=C/C(C)=C1/NC(C2=CC=CCC2C)=CC(=NCc2ccc(C)cc2)N1C. The standard InChI is InChI=1S/C24H29N3.C8H9N.C2H2/c1-6-18(3)24-26-22(21-10-8-7-9-19(21)4)15-23(27(24)5)25-16-20-13-11-17(2)12-14-20;1-7(2)8-5-3-4-6-9-8;1-2/h6-8,10-15,19,26H,1,9,16H2,2-5H3;3-6H,1H2,2H3;1-2H/b24-18-,25-23?;;. The fourth-order valence-electron chi connectivity index (χ4n) is 3.94. The monoisotopic (exact) mass is 504 g/mol. The van der Waals surface area contributed by atoms with E-state index in [4.69, 9.17) is 4.99 Å². The summed E-state index contributed by atoms with van der Waals surface area (Å²) in [6, 6.07) is 14.4. The lowest BCUT2D eigenvalue weighted by Gasteiger charge is -2.33. The molecule has 1 aromatic carbocycles. The van der Waals surface area contributed by atoms with Crippen LogP contribution < -0.4 is 5.32 Å². The van der Waals surface area contributed by atoms with Gasteiger partial charge in [0.1, 0.15) is 11.7 Å². The van der Waals surface area contributed by atoms with Gasteiger partial charge in [0.25, 0.3) is 0 Å². The zero-order valence-corrected chi connectivity index (χ0v) is 23.4. The highest BCUT2D eigenvalue weighted by atomic mass is 15.3. The van der Waals surface area contributed by atoms with E-state index in [1.54, 1.807) is 6.20 Å². The first-order valence-corrected chi connectivity index (χ1v) is 12.7. The van der Waals surface area contributed by atoms with E-state index in [1.165, 1.54) is 16.7 Å². The number of terminal acetylenes is 1. The molecule has 38 heavy (non-hydrogen) atoms. The number of allylic oxidation sites excluding steroid dienone is 7. The van der Waals surface area contributed by atoms with E-state index in [0.717, 1.165) is 40.6 Å². The number of benzene rings is 1. The van der Waals surface area contributed by atoms with Gasteiger partial charge >= 0.3 is 0 Å². The summed E-state index contributed by atoms with van der Waals surface area (Å²) in [5.41, 5.74) is 8.02. The third-order valence-electron chi connectivity index (χ3n) is 6.28. The summed E-state index contributed by atoms with van der Waals surface area (Å²) in [7, 11) is 2.05. The Morgan fingerprint density at radius 2 is 1.89 bits per heavy atom. The zero-order valence-electron chi connectivity index (χ0n) is 23.4. The normalized spacial score (nSPS) is 18.4. The van der Waals surface area contributed by atoms with Gasteiger partial charge in [0.15, 0.2) is 0 Å². The lowest BCUT2D eigenvalue weighted by Crippen LogP contribution is -2.39. The molecule has 4 rings (SSSR count). The van der Waals surface area contributed by atoms with Crippen molar-refractivity contribution in [1.29, 1.82) is 0 Å². The third kappa shape index (κ3) is 8.35. The minimum Gasteiger partial charge on any atom is -0.341 e. The van der Waals surface area contributed by atoms with Gasteiger partial charge in [-0.3, -0.25) is 9.98 Å². The predicted molar refractivity (Wildman–Crippen MR) is 164 cm³/mol. The Balaban J connectivity index is 0.000000387. The van der Waals surface area contributed by atoms with E-state index in [-0.39, 0.29) is 0 Å². The first-order chi connectivity index (χ1) is 18.3. The maximum Gasteiger partial charge on any atom is 0.131 e. The number of aryl methyl sites for hydroxylation is 1. The van der Waals surface area contributed by atoms with Crippen LogP contribution in [0.15, 0.2) is 120 Å². The van der Waals surface area contributed by atoms with Crippen LogP contribution in [0, 0.1) is 25.7 Å². The first kappa shape index (κ1) is 29.9. The summed E-state index contributed by atoms with van der Waals surface area (Å²) in [4.78, 5) is 11.1. The van der Waals surface area contributed by atoms with Crippen LogP contribution in [0.5, 0.6) is 0 Å². The molecule has 2 aromatic rings. The van der Waals surface area contributed by atoms with Crippen molar-refractivity contribution in [3.05, 3.63) is 132 Å². The molecule has 2 heterocycles. The number of pyridine rings is 1. The minimum atomic E-state index is 0.487. The smallest absolute Gasteiger partial charge is 0.131 e. The lowest BCUT2D eigenvalue weighted by molar-refractivity contribution is 0.547.